The predicted octanol–water partition coefficient (Wildman–Crippen LogP) is 3.58. The summed E-state index contributed by atoms with van der Waals surface area (Å²) >= 11 is 8.31. The van der Waals surface area contributed by atoms with Gasteiger partial charge in [-0.3, -0.25) is 9.69 Å². The van der Waals surface area contributed by atoms with Crippen molar-refractivity contribution in [2.24, 2.45) is 0 Å². The number of carbonyl (C=O) groups excluding carboxylic acids is 1. The van der Waals surface area contributed by atoms with E-state index in [1.165, 1.54) is 0 Å². The highest BCUT2D eigenvalue weighted by molar-refractivity contribution is 7.99. The molecule has 29 heavy (non-hydrogen) atoms. The molecule has 0 aliphatic carbocycles. The van der Waals surface area contributed by atoms with Crippen LogP contribution in [0.5, 0.6) is 0 Å². The Morgan fingerprint density at radius 2 is 2.07 bits per heavy atom. The van der Waals surface area contributed by atoms with Crippen LogP contribution in [0.3, 0.4) is 0 Å². The smallest absolute Gasteiger partial charge is 0.260 e. The fourth-order valence-electron chi connectivity index (χ4n) is 3.93. The monoisotopic (exact) mass is 435 g/mol. The summed E-state index contributed by atoms with van der Waals surface area (Å²) in [5.74, 6) is 2.53. The number of hydrogen-bond acceptors (Lipinski definition) is 6. The predicted molar refractivity (Wildman–Crippen MR) is 116 cm³/mol. The molecule has 1 amide bonds. The van der Waals surface area contributed by atoms with Crippen molar-refractivity contribution in [3.8, 4) is 11.3 Å². The van der Waals surface area contributed by atoms with Crippen molar-refractivity contribution < 1.29 is 14.1 Å². The Morgan fingerprint density at radius 3 is 2.86 bits per heavy atom. The Kier molecular flexibility index (Phi) is 6.80. The molecule has 6 nitrogen and oxygen atoms in total. The molecule has 0 bridgehead atoms. The number of halogens is 1. The molecule has 156 valence electrons. The standard InChI is InChI=1S/C21H26ClN3O3S/c1-15-19(20(23-28-15)17-5-2-3-6-18(17)22)21(26)25-7-4-12-29-14-16(25)13-24-8-10-27-11-9-24/h2-3,5-6,16H,4,7-14H2,1H3/t16-/m1/s1. The Balaban J connectivity index is 1.63. The normalized spacial score (nSPS) is 21.2. The maximum atomic E-state index is 13.7. The molecule has 1 aromatic heterocycles. The molecule has 2 aliphatic rings. The number of nitrogens with zero attached hydrogens (tertiary/aromatic N) is 3. The summed E-state index contributed by atoms with van der Waals surface area (Å²) in [6.07, 6.45) is 0.988. The molecule has 8 heteroatoms. The molecule has 2 aromatic rings. The van der Waals surface area contributed by atoms with Gasteiger partial charge in [0, 0.05) is 37.5 Å². The molecular weight excluding hydrogens is 410 g/mol. The quantitative estimate of drug-likeness (QED) is 0.731. The molecule has 0 saturated carbocycles. The first-order valence-electron chi connectivity index (χ1n) is 10.0. The minimum atomic E-state index is -0.0144. The zero-order valence-electron chi connectivity index (χ0n) is 16.6. The van der Waals surface area contributed by atoms with E-state index in [-0.39, 0.29) is 11.9 Å². The Morgan fingerprint density at radius 1 is 1.28 bits per heavy atom. The van der Waals surface area contributed by atoms with Crippen LogP contribution in [0.2, 0.25) is 5.02 Å². The Hall–Kier alpha value is -1.54. The molecule has 0 radical (unpaired) electrons. The van der Waals surface area contributed by atoms with E-state index in [4.69, 9.17) is 20.9 Å². The maximum absolute atomic E-state index is 13.7. The molecule has 1 aromatic carbocycles. The lowest BCUT2D eigenvalue weighted by Gasteiger charge is -2.35. The van der Waals surface area contributed by atoms with Gasteiger partial charge in [0.05, 0.1) is 24.3 Å². The number of amides is 1. The minimum absolute atomic E-state index is 0.0144. The molecule has 1 atom stereocenters. The fraction of sp³-hybridized carbons (Fsp3) is 0.524. The number of benzene rings is 1. The van der Waals surface area contributed by atoms with Crippen LogP contribution in [0.15, 0.2) is 28.8 Å². The second kappa shape index (κ2) is 9.51. The van der Waals surface area contributed by atoms with Gasteiger partial charge in [-0.1, -0.05) is 35.0 Å². The third-order valence-electron chi connectivity index (χ3n) is 5.48. The lowest BCUT2D eigenvalue weighted by atomic mass is 10.0. The van der Waals surface area contributed by atoms with E-state index in [2.05, 4.69) is 10.1 Å². The summed E-state index contributed by atoms with van der Waals surface area (Å²) in [6.45, 7) is 6.76. The van der Waals surface area contributed by atoms with Gasteiger partial charge < -0.3 is 14.2 Å². The van der Waals surface area contributed by atoms with Gasteiger partial charge in [0.25, 0.3) is 5.91 Å². The van der Waals surface area contributed by atoms with E-state index in [0.29, 0.717) is 22.0 Å². The molecule has 4 rings (SSSR count). The van der Waals surface area contributed by atoms with Crippen molar-refractivity contribution in [1.29, 1.82) is 0 Å². The SMILES string of the molecule is Cc1onc(-c2ccccc2Cl)c1C(=O)N1CCCSC[C@H]1CN1CCOCC1. The van der Waals surface area contributed by atoms with Gasteiger partial charge in [-0.05, 0) is 25.2 Å². The third kappa shape index (κ3) is 4.63. The average Bonchev–Trinajstić information content (AvgIpc) is 2.96. The van der Waals surface area contributed by atoms with Crippen molar-refractivity contribution in [3.63, 3.8) is 0 Å². The lowest BCUT2D eigenvalue weighted by molar-refractivity contribution is 0.0245. The molecule has 0 unspecified atom stereocenters. The fourth-order valence-corrected chi connectivity index (χ4v) is 5.22. The molecule has 0 N–H and O–H groups in total. The first-order chi connectivity index (χ1) is 14.1. The maximum Gasteiger partial charge on any atom is 0.260 e. The summed E-state index contributed by atoms with van der Waals surface area (Å²) in [7, 11) is 0. The molecule has 3 heterocycles. The summed E-state index contributed by atoms with van der Waals surface area (Å²) < 4.78 is 10.9. The number of rotatable bonds is 4. The van der Waals surface area contributed by atoms with E-state index in [1.54, 1.807) is 13.0 Å². The van der Waals surface area contributed by atoms with Crippen LogP contribution in [-0.4, -0.2) is 77.8 Å². The highest BCUT2D eigenvalue weighted by Crippen LogP contribution is 2.32. The topological polar surface area (TPSA) is 58.8 Å². The van der Waals surface area contributed by atoms with Crippen LogP contribution in [-0.2, 0) is 4.74 Å². The van der Waals surface area contributed by atoms with E-state index >= 15 is 0 Å². The van der Waals surface area contributed by atoms with Crippen molar-refractivity contribution in [1.82, 2.24) is 15.0 Å². The molecular formula is C21H26ClN3O3S. The molecule has 2 fully saturated rings. The van der Waals surface area contributed by atoms with Gasteiger partial charge >= 0.3 is 0 Å². The Bertz CT molecular complexity index is 853. The zero-order chi connectivity index (χ0) is 20.2. The van der Waals surface area contributed by atoms with Crippen molar-refractivity contribution >= 4 is 29.3 Å². The highest BCUT2D eigenvalue weighted by atomic mass is 35.5. The van der Waals surface area contributed by atoms with E-state index in [1.807, 2.05) is 34.9 Å². The summed E-state index contributed by atoms with van der Waals surface area (Å²) in [5, 5.41) is 4.75. The molecule has 2 saturated heterocycles. The van der Waals surface area contributed by atoms with Crippen LogP contribution in [0.4, 0.5) is 0 Å². The third-order valence-corrected chi connectivity index (χ3v) is 7.01. The number of morpholine rings is 1. The number of aromatic nitrogens is 1. The summed E-state index contributed by atoms with van der Waals surface area (Å²) in [5.41, 5.74) is 1.78. The van der Waals surface area contributed by atoms with Crippen LogP contribution in [0.25, 0.3) is 11.3 Å². The second-order valence-electron chi connectivity index (χ2n) is 7.44. The van der Waals surface area contributed by atoms with Crippen molar-refractivity contribution in [2.45, 2.75) is 19.4 Å². The van der Waals surface area contributed by atoms with Gasteiger partial charge in [-0.2, -0.15) is 11.8 Å². The number of aryl methyl sites for hydroxylation is 1. The van der Waals surface area contributed by atoms with Gasteiger partial charge in [-0.15, -0.1) is 0 Å². The second-order valence-corrected chi connectivity index (χ2v) is 8.99. The number of hydrogen-bond donors (Lipinski definition) is 0. The zero-order valence-corrected chi connectivity index (χ0v) is 18.2. The number of thioether (sulfide) groups is 1. The first-order valence-corrected chi connectivity index (χ1v) is 11.6. The lowest BCUT2D eigenvalue weighted by Crippen LogP contribution is -2.50. The van der Waals surface area contributed by atoms with Gasteiger partial charge in [0.15, 0.2) is 0 Å². The highest BCUT2D eigenvalue weighted by Gasteiger charge is 2.33. The molecule has 0 spiro atoms. The van der Waals surface area contributed by atoms with E-state index < -0.39 is 0 Å². The number of ether oxygens (including phenoxy) is 1. The summed E-state index contributed by atoms with van der Waals surface area (Å²) in [6, 6.07) is 7.59. The van der Waals surface area contributed by atoms with Crippen LogP contribution in [0, 0.1) is 6.92 Å². The van der Waals surface area contributed by atoms with Crippen molar-refractivity contribution in [2.75, 3.05) is 50.9 Å². The van der Waals surface area contributed by atoms with Gasteiger partial charge in [0.2, 0.25) is 0 Å². The van der Waals surface area contributed by atoms with Gasteiger partial charge in [0.1, 0.15) is 17.0 Å². The van der Waals surface area contributed by atoms with Crippen LogP contribution in [0.1, 0.15) is 22.5 Å². The number of carbonyl (C=O) groups is 1. The minimum Gasteiger partial charge on any atom is -0.379 e. The summed E-state index contributed by atoms with van der Waals surface area (Å²) in [4.78, 5) is 18.1. The first kappa shape index (κ1) is 20.7. The van der Waals surface area contributed by atoms with E-state index in [0.717, 1.165) is 62.9 Å². The molecule has 2 aliphatic heterocycles. The largest absolute Gasteiger partial charge is 0.379 e. The average molecular weight is 436 g/mol. The van der Waals surface area contributed by atoms with E-state index in [9.17, 15) is 4.79 Å². The van der Waals surface area contributed by atoms with Crippen molar-refractivity contribution in [3.05, 3.63) is 40.6 Å². The van der Waals surface area contributed by atoms with Crippen LogP contribution < -0.4 is 0 Å². The van der Waals surface area contributed by atoms with Crippen LogP contribution >= 0.6 is 23.4 Å². The Labute approximate surface area is 180 Å². The van der Waals surface area contributed by atoms with Gasteiger partial charge in [-0.25, -0.2) is 0 Å².